The van der Waals surface area contributed by atoms with E-state index in [1.54, 1.807) is 0 Å². The van der Waals surface area contributed by atoms with Gasteiger partial charge in [0.2, 0.25) is 0 Å². The van der Waals surface area contributed by atoms with Gasteiger partial charge in [0.05, 0.1) is 0 Å². The summed E-state index contributed by atoms with van der Waals surface area (Å²) in [6.07, 6.45) is 3.41. The van der Waals surface area contributed by atoms with E-state index in [1.807, 2.05) is 0 Å². The Morgan fingerprint density at radius 1 is 0.857 bits per heavy atom. The van der Waals surface area contributed by atoms with Crippen LogP contribution < -0.4 is 5.32 Å². The van der Waals surface area contributed by atoms with Gasteiger partial charge in [-0.2, -0.15) is 0 Å². The SMILES string of the molecule is CCc1ccc(C(C)NC(C)CCc2ccccc2)cc1. The molecule has 0 radical (unpaired) electrons. The normalized spacial score (nSPS) is 13.9. The van der Waals surface area contributed by atoms with E-state index in [2.05, 4.69) is 80.7 Å². The molecule has 0 saturated carbocycles. The van der Waals surface area contributed by atoms with Crippen LogP contribution in [-0.2, 0) is 12.8 Å². The van der Waals surface area contributed by atoms with Gasteiger partial charge in [-0.3, -0.25) is 0 Å². The Hall–Kier alpha value is -1.60. The van der Waals surface area contributed by atoms with E-state index in [1.165, 1.54) is 23.1 Å². The molecule has 1 N–H and O–H groups in total. The van der Waals surface area contributed by atoms with E-state index in [0.29, 0.717) is 12.1 Å². The van der Waals surface area contributed by atoms with Gasteiger partial charge < -0.3 is 5.32 Å². The fourth-order valence-electron chi connectivity index (χ4n) is 2.68. The summed E-state index contributed by atoms with van der Waals surface area (Å²) < 4.78 is 0. The zero-order valence-corrected chi connectivity index (χ0v) is 13.5. The fraction of sp³-hybridized carbons (Fsp3) is 0.400. The number of benzene rings is 2. The van der Waals surface area contributed by atoms with Crippen LogP contribution in [0.15, 0.2) is 54.6 Å². The number of hydrogen-bond acceptors (Lipinski definition) is 1. The van der Waals surface area contributed by atoms with Crippen molar-refractivity contribution in [2.75, 3.05) is 0 Å². The van der Waals surface area contributed by atoms with Crippen molar-refractivity contribution in [1.29, 1.82) is 0 Å². The predicted molar refractivity (Wildman–Crippen MR) is 91.6 cm³/mol. The van der Waals surface area contributed by atoms with Crippen molar-refractivity contribution < 1.29 is 0 Å². The summed E-state index contributed by atoms with van der Waals surface area (Å²) in [5.74, 6) is 0. The van der Waals surface area contributed by atoms with Crippen molar-refractivity contribution in [2.45, 2.75) is 52.1 Å². The molecule has 1 heteroatoms. The zero-order chi connectivity index (χ0) is 15.1. The Labute approximate surface area is 129 Å². The first-order chi connectivity index (χ1) is 10.2. The van der Waals surface area contributed by atoms with Gasteiger partial charge in [-0.1, -0.05) is 61.5 Å². The van der Waals surface area contributed by atoms with Crippen molar-refractivity contribution >= 4 is 0 Å². The first kappa shape index (κ1) is 15.8. The van der Waals surface area contributed by atoms with Gasteiger partial charge in [-0.15, -0.1) is 0 Å². The van der Waals surface area contributed by atoms with Gasteiger partial charge in [0.15, 0.2) is 0 Å². The minimum absolute atomic E-state index is 0.404. The molecule has 0 fully saturated rings. The van der Waals surface area contributed by atoms with Crippen LogP contribution in [-0.4, -0.2) is 6.04 Å². The average molecular weight is 281 g/mol. The summed E-state index contributed by atoms with van der Waals surface area (Å²) >= 11 is 0. The molecular weight excluding hydrogens is 254 g/mol. The molecule has 2 unspecified atom stereocenters. The topological polar surface area (TPSA) is 12.0 Å². The Kier molecular flexibility index (Phi) is 6.01. The monoisotopic (exact) mass is 281 g/mol. The van der Waals surface area contributed by atoms with Crippen molar-refractivity contribution in [1.82, 2.24) is 5.32 Å². The average Bonchev–Trinajstić information content (AvgIpc) is 2.54. The molecule has 112 valence electrons. The molecule has 0 amide bonds. The predicted octanol–water partition coefficient (Wildman–Crippen LogP) is 4.92. The Balaban J connectivity index is 1.82. The van der Waals surface area contributed by atoms with Crippen molar-refractivity contribution in [3.8, 4) is 0 Å². The van der Waals surface area contributed by atoms with Gasteiger partial charge in [-0.05, 0) is 49.8 Å². The van der Waals surface area contributed by atoms with Crippen LogP contribution in [0, 0.1) is 0 Å². The maximum absolute atomic E-state index is 3.70. The van der Waals surface area contributed by atoms with Crippen LogP contribution in [0.5, 0.6) is 0 Å². The quantitative estimate of drug-likeness (QED) is 0.759. The van der Waals surface area contributed by atoms with Gasteiger partial charge >= 0.3 is 0 Å². The molecule has 0 heterocycles. The lowest BCUT2D eigenvalue weighted by Gasteiger charge is -2.20. The number of nitrogens with one attached hydrogen (secondary N) is 1. The van der Waals surface area contributed by atoms with Crippen molar-refractivity contribution in [3.05, 3.63) is 71.3 Å². The molecule has 1 nitrogen and oxygen atoms in total. The molecule has 2 rings (SSSR count). The van der Waals surface area contributed by atoms with Crippen molar-refractivity contribution in [2.24, 2.45) is 0 Å². The molecule has 0 spiro atoms. The number of hydrogen-bond donors (Lipinski definition) is 1. The van der Waals surface area contributed by atoms with Crippen LogP contribution in [0.25, 0.3) is 0 Å². The van der Waals surface area contributed by atoms with Crippen LogP contribution in [0.2, 0.25) is 0 Å². The summed E-state index contributed by atoms with van der Waals surface area (Å²) in [5.41, 5.74) is 4.20. The lowest BCUT2D eigenvalue weighted by molar-refractivity contribution is 0.456. The van der Waals surface area contributed by atoms with Crippen LogP contribution in [0.4, 0.5) is 0 Å². The summed E-state index contributed by atoms with van der Waals surface area (Å²) in [6.45, 7) is 6.72. The molecule has 0 saturated heterocycles. The molecule has 2 aromatic rings. The summed E-state index contributed by atoms with van der Waals surface area (Å²) in [4.78, 5) is 0. The molecule has 0 bridgehead atoms. The van der Waals surface area contributed by atoms with Crippen molar-refractivity contribution in [3.63, 3.8) is 0 Å². The second kappa shape index (κ2) is 7.99. The first-order valence-corrected chi connectivity index (χ1v) is 8.08. The van der Waals surface area contributed by atoms with E-state index in [4.69, 9.17) is 0 Å². The van der Waals surface area contributed by atoms with Crippen LogP contribution >= 0.6 is 0 Å². The fourth-order valence-corrected chi connectivity index (χ4v) is 2.68. The second-order valence-corrected chi connectivity index (χ2v) is 5.91. The maximum atomic E-state index is 3.70. The largest absolute Gasteiger partial charge is 0.308 e. The molecule has 0 aliphatic rings. The van der Waals surface area contributed by atoms with Gasteiger partial charge in [0, 0.05) is 12.1 Å². The van der Waals surface area contributed by atoms with E-state index in [9.17, 15) is 0 Å². The third-order valence-electron chi connectivity index (χ3n) is 4.13. The van der Waals surface area contributed by atoms with Gasteiger partial charge in [-0.25, -0.2) is 0 Å². The van der Waals surface area contributed by atoms with Crippen LogP contribution in [0.1, 0.15) is 49.9 Å². The van der Waals surface area contributed by atoms with Gasteiger partial charge in [0.25, 0.3) is 0 Å². The Morgan fingerprint density at radius 2 is 1.52 bits per heavy atom. The number of rotatable bonds is 7. The highest BCUT2D eigenvalue weighted by molar-refractivity contribution is 5.24. The van der Waals surface area contributed by atoms with E-state index in [-0.39, 0.29) is 0 Å². The lowest BCUT2D eigenvalue weighted by Crippen LogP contribution is -2.29. The molecular formula is C20H27N. The lowest BCUT2D eigenvalue weighted by atomic mass is 10.0. The highest BCUT2D eigenvalue weighted by atomic mass is 14.9. The highest BCUT2D eigenvalue weighted by Crippen LogP contribution is 2.15. The molecule has 21 heavy (non-hydrogen) atoms. The van der Waals surface area contributed by atoms with E-state index >= 15 is 0 Å². The maximum Gasteiger partial charge on any atom is 0.0294 e. The highest BCUT2D eigenvalue weighted by Gasteiger charge is 2.09. The third-order valence-corrected chi connectivity index (χ3v) is 4.13. The second-order valence-electron chi connectivity index (χ2n) is 5.91. The zero-order valence-electron chi connectivity index (χ0n) is 13.5. The summed E-state index contributed by atoms with van der Waals surface area (Å²) in [6, 6.07) is 20.6. The van der Waals surface area contributed by atoms with Gasteiger partial charge in [0.1, 0.15) is 0 Å². The smallest absolute Gasteiger partial charge is 0.0294 e. The minimum Gasteiger partial charge on any atom is -0.308 e. The standard InChI is InChI=1S/C20H27N/c1-4-18-12-14-20(15-13-18)17(3)21-16(2)10-11-19-8-6-5-7-9-19/h5-9,12-17,21H,4,10-11H2,1-3H3. The Bertz CT molecular complexity index is 515. The molecule has 2 aromatic carbocycles. The van der Waals surface area contributed by atoms with E-state index in [0.717, 1.165) is 12.8 Å². The van der Waals surface area contributed by atoms with E-state index < -0.39 is 0 Å². The first-order valence-electron chi connectivity index (χ1n) is 8.08. The molecule has 0 aromatic heterocycles. The minimum atomic E-state index is 0.404. The summed E-state index contributed by atoms with van der Waals surface area (Å²) in [7, 11) is 0. The molecule has 2 atom stereocenters. The third kappa shape index (κ3) is 5.02. The molecule has 0 aliphatic carbocycles. The van der Waals surface area contributed by atoms with Crippen LogP contribution in [0.3, 0.4) is 0 Å². The number of aryl methyl sites for hydroxylation is 2. The molecule has 0 aliphatic heterocycles. The Morgan fingerprint density at radius 3 is 2.14 bits per heavy atom. The summed E-state index contributed by atoms with van der Waals surface area (Å²) in [5, 5.41) is 3.70.